The minimum atomic E-state index is -0.373. The van der Waals surface area contributed by atoms with Crippen LogP contribution < -0.4 is 0 Å². The molecule has 1 heterocycles. The van der Waals surface area contributed by atoms with Crippen LogP contribution in [0.1, 0.15) is 26.3 Å². The van der Waals surface area contributed by atoms with Crippen LogP contribution in [0.2, 0.25) is 0 Å². The molecule has 0 aromatic heterocycles. The molecule has 2 aromatic carbocycles. The highest BCUT2D eigenvalue weighted by molar-refractivity contribution is 14.1. The molecule has 0 saturated heterocycles. The summed E-state index contributed by atoms with van der Waals surface area (Å²) in [6.45, 7) is 0.114. The van der Waals surface area contributed by atoms with Crippen molar-refractivity contribution >= 4 is 50.3 Å². The number of halogens is 3. The highest BCUT2D eigenvalue weighted by atomic mass is 127. The number of fused-ring (bicyclic) bond motifs is 1. The van der Waals surface area contributed by atoms with Crippen LogP contribution in [0, 0.1) is 9.39 Å². The van der Waals surface area contributed by atoms with Crippen LogP contribution in [-0.2, 0) is 6.54 Å². The Labute approximate surface area is 142 Å². The molecule has 106 valence electrons. The van der Waals surface area contributed by atoms with Gasteiger partial charge in [-0.3, -0.25) is 14.5 Å². The number of nitrogens with zero attached hydrogens (tertiary/aromatic N) is 1. The molecular weight excluding hydrogens is 452 g/mol. The third kappa shape index (κ3) is 2.50. The van der Waals surface area contributed by atoms with E-state index in [-0.39, 0.29) is 24.2 Å². The lowest BCUT2D eigenvalue weighted by Crippen LogP contribution is -2.29. The van der Waals surface area contributed by atoms with E-state index >= 15 is 0 Å². The van der Waals surface area contributed by atoms with E-state index < -0.39 is 0 Å². The van der Waals surface area contributed by atoms with Crippen molar-refractivity contribution in [3.63, 3.8) is 0 Å². The van der Waals surface area contributed by atoms with Crippen LogP contribution in [0.15, 0.2) is 40.9 Å². The second-order valence-electron chi connectivity index (χ2n) is 4.59. The van der Waals surface area contributed by atoms with Crippen LogP contribution in [0.25, 0.3) is 0 Å². The minimum Gasteiger partial charge on any atom is -0.270 e. The van der Waals surface area contributed by atoms with Crippen molar-refractivity contribution in [2.24, 2.45) is 0 Å². The number of hydrogen-bond acceptors (Lipinski definition) is 2. The molecule has 6 heteroatoms. The first kappa shape index (κ1) is 14.6. The summed E-state index contributed by atoms with van der Waals surface area (Å²) in [7, 11) is 0. The summed E-state index contributed by atoms with van der Waals surface area (Å²) in [5.41, 5.74) is 1.55. The van der Waals surface area contributed by atoms with E-state index in [2.05, 4.69) is 15.9 Å². The molecule has 0 spiro atoms. The van der Waals surface area contributed by atoms with Crippen LogP contribution in [0.5, 0.6) is 0 Å². The monoisotopic (exact) mass is 459 g/mol. The van der Waals surface area contributed by atoms with Gasteiger partial charge in [0.1, 0.15) is 5.82 Å². The van der Waals surface area contributed by atoms with Crippen molar-refractivity contribution in [3.8, 4) is 0 Å². The highest BCUT2D eigenvalue weighted by Crippen LogP contribution is 2.29. The van der Waals surface area contributed by atoms with Gasteiger partial charge in [0.25, 0.3) is 11.8 Å². The van der Waals surface area contributed by atoms with Crippen LogP contribution in [0.4, 0.5) is 4.39 Å². The fourth-order valence-electron chi connectivity index (χ4n) is 2.26. The van der Waals surface area contributed by atoms with E-state index in [1.165, 1.54) is 17.0 Å². The Bertz CT molecular complexity index is 778. The Hall–Kier alpha value is -1.28. The summed E-state index contributed by atoms with van der Waals surface area (Å²) in [5.74, 6) is -0.997. The number of rotatable bonds is 2. The average Bonchev–Trinajstić information content (AvgIpc) is 2.68. The lowest BCUT2D eigenvalue weighted by molar-refractivity contribution is 0.0641. The Morgan fingerprint density at radius 2 is 1.90 bits per heavy atom. The topological polar surface area (TPSA) is 37.4 Å². The van der Waals surface area contributed by atoms with Crippen LogP contribution >= 0.6 is 38.5 Å². The molecule has 3 rings (SSSR count). The first-order valence-electron chi connectivity index (χ1n) is 6.07. The number of hydrogen-bond donors (Lipinski definition) is 0. The molecular formula is C15H8BrFINO2. The van der Waals surface area contributed by atoms with Crippen LogP contribution in [-0.4, -0.2) is 16.7 Å². The zero-order valence-electron chi connectivity index (χ0n) is 10.6. The Morgan fingerprint density at radius 3 is 2.57 bits per heavy atom. The third-order valence-corrected chi connectivity index (χ3v) is 4.93. The maximum absolute atomic E-state index is 13.1. The average molecular weight is 460 g/mol. The van der Waals surface area contributed by atoms with Crippen molar-refractivity contribution in [3.05, 3.63) is 66.9 Å². The number of amides is 2. The maximum Gasteiger partial charge on any atom is 0.262 e. The van der Waals surface area contributed by atoms with Crippen molar-refractivity contribution in [1.29, 1.82) is 0 Å². The van der Waals surface area contributed by atoms with E-state index in [9.17, 15) is 14.0 Å². The molecule has 21 heavy (non-hydrogen) atoms. The molecule has 0 fully saturated rings. The summed E-state index contributed by atoms with van der Waals surface area (Å²) >= 11 is 5.30. The van der Waals surface area contributed by atoms with Crippen molar-refractivity contribution in [1.82, 2.24) is 4.90 Å². The number of carbonyl (C=O) groups is 2. The second-order valence-corrected chi connectivity index (χ2v) is 6.61. The first-order chi connectivity index (χ1) is 9.99. The zero-order chi connectivity index (χ0) is 15.1. The third-order valence-electron chi connectivity index (χ3n) is 3.29. The minimum absolute atomic E-state index is 0.114. The van der Waals surface area contributed by atoms with Gasteiger partial charge in [-0.25, -0.2) is 4.39 Å². The molecule has 0 aliphatic carbocycles. The molecule has 3 nitrogen and oxygen atoms in total. The lowest BCUT2D eigenvalue weighted by atomic mass is 10.1. The van der Waals surface area contributed by atoms with Gasteiger partial charge in [0.2, 0.25) is 0 Å². The lowest BCUT2D eigenvalue weighted by Gasteiger charge is -2.15. The molecule has 0 radical (unpaired) electrons. The summed E-state index contributed by atoms with van der Waals surface area (Å²) < 4.78 is 14.4. The molecule has 0 N–H and O–H groups in total. The van der Waals surface area contributed by atoms with Gasteiger partial charge < -0.3 is 0 Å². The van der Waals surface area contributed by atoms with Gasteiger partial charge in [-0.2, -0.15) is 0 Å². The standard InChI is InChI=1S/C15H8BrFINO2/c16-11-6-9(17)5-4-8(11)7-19-14(20)10-2-1-3-12(18)13(10)15(19)21/h1-6H,7H2. The summed E-state index contributed by atoms with van der Waals surface area (Å²) in [6, 6.07) is 9.38. The normalized spacial score (nSPS) is 13.8. The van der Waals surface area contributed by atoms with Gasteiger partial charge in [0, 0.05) is 8.04 Å². The van der Waals surface area contributed by atoms with E-state index in [1.54, 1.807) is 24.3 Å². The SMILES string of the molecule is O=C1c2cccc(I)c2C(=O)N1Cc1ccc(F)cc1Br. The van der Waals surface area contributed by atoms with Crippen molar-refractivity contribution < 1.29 is 14.0 Å². The first-order valence-corrected chi connectivity index (χ1v) is 7.95. The molecule has 1 aliphatic heterocycles. The number of imide groups is 1. The predicted octanol–water partition coefficient (Wildman–Crippen LogP) is 3.99. The quantitative estimate of drug-likeness (QED) is 0.503. The van der Waals surface area contributed by atoms with E-state index in [4.69, 9.17) is 0 Å². The predicted molar refractivity (Wildman–Crippen MR) is 87.5 cm³/mol. The Kier molecular flexibility index (Phi) is 3.83. The van der Waals surface area contributed by atoms with E-state index in [0.29, 0.717) is 21.2 Å². The van der Waals surface area contributed by atoms with E-state index in [0.717, 1.165) is 3.57 Å². The van der Waals surface area contributed by atoms with Gasteiger partial charge in [-0.05, 0) is 52.4 Å². The van der Waals surface area contributed by atoms with E-state index in [1.807, 2.05) is 22.6 Å². The number of carbonyl (C=O) groups excluding carboxylic acids is 2. The summed E-state index contributed by atoms with van der Waals surface area (Å²) in [6.07, 6.45) is 0. The molecule has 0 saturated carbocycles. The largest absolute Gasteiger partial charge is 0.270 e. The van der Waals surface area contributed by atoms with Gasteiger partial charge in [0.15, 0.2) is 0 Å². The second kappa shape index (κ2) is 5.49. The molecule has 1 aliphatic rings. The van der Waals surface area contributed by atoms with Crippen molar-refractivity contribution in [2.75, 3.05) is 0 Å². The van der Waals surface area contributed by atoms with Crippen molar-refractivity contribution in [2.45, 2.75) is 6.54 Å². The Balaban J connectivity index is 1.97. The molecule has 0 atom stereocenters. The van der Waals surface area contributed by atoms with Gasteiger partial charge in [-0.1, -0.05) is 28.1 Å². The molecule has 0 bridgehead atoms. The molecule has 0 unspecified atom stereocenters. The van der Waals surface area contributed by atoms with Gasteiger partial charge in [0.05, 0.1) is 17.7 Å². The molecule has 2 amide bonds. The fourth-order valence-corrected chi connectivity index (χ4v) is 3.46. The Morgan fingerprint density at radius 1 is 1.14 bits per heavy atom. The van der Waals surface area contributed by atoms with Crippen LogP contribution in [0.3, 0.4) is 0 Å². The molecule has 2 aromatic rings. The summed E-state index contributed by atoms with van der Waals surface area (Å²) in [5, 5.41) is 0. The van der Waals surface area contributed by atoms with Gasteiger partial charge in [-0.15, -0.1) is 0 Å². The number of benzene rings is 2. The zero-order valence-corrected chi connectivity index (χ0v) is 14.3. The smallest absolute Gasteiger partial charge is 0.262 e. The highest BCUT2D eigenvalue weighted by Gasteiger charge is 2.37. The maximum atomic E-state index is 13.1. The summed E-state index contributed by atoms with van der Waals surface area (Å²) in [4.78, 5) is 26.0. The van der Waals surface area contributed by atoms with Gasteiger partial charge >= 0.3 is 0 Å². The fraction of sp³-hybridized carbons (Fsp3) is 0.0667.